The molecule has 4 rings (SSSR count). The topological polar surface area (TPSA) is 86.0 Å². The third-order valence-corrected chi connectivity index (χ3v) is 5.12. The number of anilines is 1. The van der Waals surface area contributed by atoms with E-state index in [0.717, 1.165) is 53.8 Å². The Bertz CT molecular complexity index is 980. The number of pyridine rings is 1. The number of benzene rings is 1. The number of methoxy groups -OCH3 is 1. The monoisotopic (exact) mass is 483 g/mol. The molecule has 3 N–H and O–H groups in total. The van der Waals surface area contributed by atoms with Gasteiger partial charge in [-0.1, -0.05) is 6.07 Å². The first-order chi connectivity index (χ1) is 13.7. The van der Waals surface area contributed by atoms with Crippen LogP contribution in [-0.4, -0.2) is 34.1 Å². The number of ether oxygens (including phenoxy) is 1. The number of fused-ring (bicyclic) bond motifs is 1. The molecule has 0 saturated heterocycles. The molecule has 1 aliphatic rings. The molecular weight excluding hydrogens is 457 g/mol. The summed E-state index contributed by atoms with van der Waals surface area (Å²) in [6.07, 6.45) is 9.77. The maximum absolute atomic E-state index is 6.05. The fraction of sp³-hybridized carbons (Fsp3) is 0.318. The van der Waals surface area contributed by atoms with Gasteiger partial charge in [-0.15, -0.1) is 37.2 Å². The third kappa shape index (κ3) is 6.94. The van der Waals surface area contributed by atoms with Crippen molar-refractivity contribution in [3.8, 4) is 5.75 Å². The molecular formula is C22H28Cl3N5O. The van der Waals surface area contributed by atoms with Gasteiger partial charge in [0.25, 0.3) is 0 Å². The number of aromatic nitrogens is 3. The molecule has 0 spiro atoms. The van der Waals surface area contributed by atoms with Crippen molar-refractivity contribution in [2.75, 3.05) is 12.4 Å². The lowest BCUT2D eigenvalue weighted by atomic mass is 9.92. The van der Waals surface area contributed by atoms with Gasteiger partial charge >= 0.3 is 0 Å². The van der Waals surface area contributed by atoms with Gasteiger partial charge in [0.05, 0.1) is 18.3 Å². The molecule has 1 aromatic carbocycles. The summed E-state index contributed by atoms with van der Waals surface area (Å²) in [5, 5.41) is 4.58. The summed E-state index contributed by atoms with van der Waals surface area (Å²) in [6, 6.07) is 12.4. The lowest BCUT2D eigenvalue weighted by Gasteiger charge is -2.27. The highest BCUT2D eigenvalue weighted by molar-refractivity contribution is 5.91. The minimum Gasteiger partial charge on any atom is -0.497 e. The Kier molecular flexibility index (Phi) is 11.0. The van der Waals surface area contributed by atoms with E-state index in [2.05, 4.69) is 10.3 Å². The number of hydrogen-bond donors (Lipinski definition) is 2. The Morgan fingerprint density at radius 1 is 1.00 bits per heavy atom. The first-order valence-corrected chi connectivity index (χ1v) is 9.68. The number of halogens is 3. The largest absolute Gasteiger partial charge is 0.497 e. The molecule has 1 saturated carbocycles. The van der Waals surface area contributed by atoms with Gasteiger partial charge in [0.1, 0.15) is 11.6 Å². The SMILES string of the molecule is COc1ccc2nc(/C=C/c3ccccn3)nc(NC3CCC(N)CC3)c2c1.Cl.Cl.Cl. The van der Waals surface area contributed by atoms with Crippen molar-refractivity contribution in [1.82, 2.24) is 15.0 Å². The van der Waals surface area contributed by atoms with E-state index in [-0.39, 0.29) is 37.2 Å². The highest BCUT2D eigenvalue weighted by Gasteiger charge is 2.20. The number of nitrogens with zero attached hydrogens (tertiary/aromatic N) is 3. The average Bonchev–Trinajstić information content (AvgIpc) is 2.74. The van der Waals surface area contributed by atoms with Gasteiger partial charge in [0.15, 0.2) is 5.82 Å². The van der Waals surface area contributed by atoms with Crippen LogP contribution in [-0.2, 0) is 0 Å². The Morgan fingerprint density at radius 3 is 2.45 bits per heavy atom. The number of hydrogen-bond acceptors (Lipinski definition) is 6. The van der Waals surface area contributed by atoms with Crippen LogP contribution < -0.4 is 15.8 Å². The molecule has 3 aromatic rings. The summed E-state index contributed by atoms with van der Waals surface area (Å²) < 4.78 is 5.39. The van der Waals surface area contributed by atoms with Crippen LogP contribution in [0.1, 0.15) is 37.2 Å². The Morgan fingerprint density at radius 2 is 1.77 bits per heavy atom. The molecule has 0 unspecified atom stereocenters. The van der Waals surface area contributed by atoms with Gasteiger partial charge in [-0.2, -0.15) is 0 Å². The van der Waals surface area contributed by atoms with E-state index < -0.39 is 0 Å². The summed E-state index contributed by atoms with van der Waals surface area (Å²) in [5.41, 5.74) is 7.81. The zero-order chi connectivity index (χ0) is 19.3. The second-order valence-electron chi connectivity index (χ2n) is 7.16. The van der Waals surface area contributed by atoms with Gasteiger partial charge in [-0.3, -0.25) is 4.98 Å². The lowest BCUT2D eigenvalue weighted by Crippen LogP contribution is -2.33. The van der Waals surface area contributed by atoms with Crippen LogP contribution in [0.5, 0.6) is 5.75 Å². The van der Waals surface area contributed by atoms with Crippen LogP contribution in [0.15, 0.2) is 42.6 Å². The quantitative estimate of drug-likeness (QED) is 0.521. The Balaban J connectivity index is 0.00000160. The van der Waals surface area contributed by atoms with Crippen LogP contribution >= 0.6 is 37.2 Å². The minimum absolute atomic E-state index is 0. The summed E-state index contributed by atoms with van der Waals surface area (Å²) in [4.78, 5) is 13.8. The second kappa shape index (κ2) is 12.7. The first-order valence-electron chi connectivity index (χ1n) is 9.68. The number of rotatable bonds is 5. The molecule has 2 aromatic heterocycles. The maximum Gasteiger partial charge on any atom is 0.155 e. The lowest BCUT2D eigenvalue weighted by molar-refractivity contribution is 0.410. The Labute approximate surface area is 201 Å². The molecule has 31 heavy (non-hydrogen) atoms. The number of nitrogens with two attached hydrogens (primary N) is 1. The normalized spacial score (nSPS) is 17.9. The summed E-state index contributed by atoms with van der Waals surface area (Å²) in [5.74, 6) is 2.28. The second-order valence-corrected chi connectivity index (χ2v) is 7.16. The molecule has 1 aliphatic carbocycles. The summed E-state index contributed by atoms with van der Waals surface area (Å²) in [6.45, 7) is 0. The van der Waals surface area contributed by atoms with Gasteiger partial charge in [0.2, 0.25) is 0 Å². The smallest absolute Gasteiger partial charge is 0.155 e. The standard InChI is InChI=1S/C22H25N5O.3ClH/c1-28-18-10-11-20-19(14-18)22(25-17-7-5-15(23)6-8-17)27-21(26-20)12-9-16-4-2-3-13-24-16;;;/h2-4,9-15,17H,5-8,23H2,1H3,(H,25,26,27);3*1H/b12-9+;;;. The van der Waals surface area contributed by atoms with Crippen molar-refractivity contribution in [2.45, 2.75) is 37.8 Å². The van der Waals surface area contributed by atoms with Crippen LogP contribution in [0, 0.1) is 0 Å². The Hall–Kier alpha value is -2.12. The van der Waals surface area contributed by atoms with E-state index in [1.165, 1.54) is 0 Å². The third-order valence-electron chi connectivity index (χ3n) is 5.12. The van der Waals surface area contributed by atoms with Gasteiger partial charge in [-0.25, -0.2) is 9.97 Å². The predicted octanol–water partition coefficient (Wildman–Crippen LogP) is 5.15. The fourth-order valence-corrected chi connectivity index (χ4v) is 3.53. The minimum atomic E-state index is 0. The van der Waals surface area contributed by atoms with Crippen molar-refractivity contribution in [3.63, 3.8) is 0 Å². The molecule has 0 amide bonds. The van der Waals surface area contributed by atoms with E-state index in [1.54, 1.807) is 13.3 Å². The highest BCUT2D eigenvalue weighted by Crippen LogP contribution is 2.28. The van der Waals surface area contributed by atoms with Gasteiger partial charge in [0, 0.05) is 23.7 Å². The molecule has 2 heterocycles. The molecule has 9 heteroatoms. The molecule has 0 bridgehead atoms. The van der Waals surface area contributed by atoms with E-state index in [4.69, 9.17) is 20.4 Å². The van der Waals surface area contributed by atoms with E-state index in [9.17, 15) is 0 Å². The van der Waals surface area contributed by atoms with Crippen molar-refractivity contribution < 1.29 is 4.74 Å². The van der Waals surface area contributed by atoms with Crippen LogP contribution in [0.2, 0.25) is 0 Å². The van der Waals surface area contributed by atoms with Crippen LogP contribution in [0.3, 0.4) is 0 Å². The van der Waals surface area contributed by atoms with Gasteiger partial charge in [-0.05, 0) is 68.2 Å². The average molecular weight is 485 g/mol. The van der Waals surface area contributed by atoms with Crippen molar-refractivity contribution in [1.29, 1.82) is 0 Å². The van der Waals surface area contributed by atoms with E-state index in [1.807, 2.05) is 48.6 Å². The summed E-state index contributed by atoms with van der Waals surface area (Å²) in [7, 11) is 1.67. The molecule has 0 radical (unpaired) electrons. The molecule has 168 valence electrons. The zero-order valence-corrected chi connectivity index (χ0v) is 19.7. The van der Waals surface area contributed by atoms with E-state index in [0.29, 0.717) is 17.9 Å². The molecule has 1 fully saturated rings. The molecule has 6 nitrogen and oxygen atoms in total. The highest BCUT2D eigenvalue weighted by atomic mass is 35.5. The first kappa shape index (κ1) is 26.9. The van der Waals surface area contributed by atoms with Gasteiger partial charge < -0.3 is 15.8 Å². The predicted molar refractivity (Wildman–Crippen MR) is 135 cm³/mol. The van der Waals surface area contributed by atoms with Crippen LogP contribution in [0.25, 0.3) is 23.1 Å². The zero-order valence-electron chi connectivity index (χ0n) is 17.2. The van der Waals surface area contributed by atoms with Crippen molar-refractivity contribution >= 4 is 66.1 Å². The molecule has 0 atom stereocenters. The van der Waals surface area contributed by atoms with E-state index >= 15 is 0 Å². The maximum atomic E-state index is 6.05. The van der Waals surface area contributed by atoms with Crippen molar-refractivity contribution in [3.05, 3.63) is 54.1 Å². The number of nitrogens with one attached hydrogen (secondary N) is 1. The fourth-order valence-electron chi connectivity index (χ4n) is 3.53. The summed E-state index contributed by atoms with van der Waals surface area (Å²) >= 11 is 0. The van der Waals surface area contributed by atoms with Crippen LogP contribution in [0.4, 0.5) is 5.82 Å². The molecule has 0 aliphatic heterocycles. The van der Waals surface area contributed by atoms with Crippen molar-refractivity contribution in [2.24, 2.45) is 5.73 Å².